The lowest BCUT2D eigenvalue weighted by Gasteiger charge is -2.07. The Labute approximate surface area is 120 Å². The number of hydrogen-bond acceptors (Lipinski definition) is 5. The van der Waals surface area contributed by atoms with Crippen LogP contribution in [-0.2, 0) is 13.0 Å². The SMILES string of the molecule is CCc1ccsc1CNc1ccc(C#N)c([N+](=O)[O-])c1. The predicted molar refractivity (Wildman–Crippen MR) is 78.8 cm³/mol. The summed E-state index contributed by atoms with van der Waals surface area (Å²) >= 11 is 1.66. The Morgan fingerprint density at radius 2 is 2.25 bits per heavy atom. The Balaban J connectivity index is 2.17. The summed E-state index contributed by atoms with van der Waals surface area (Å²) < 4.78 is 0. The Bertz CT molecular complexity index is 673. The van der Waals surface area contributed by atoms with E-state index in [1.165, 1.54) is 22.6 Å². The van der Waals surface area contributed by atoms with E-state index in [0.717, 1.165) is 6.42 Å². The highest BCUT2D eigenvalue weighted by Crippen LogP contribution is 2.24. The third-order valence-electron chi connectivity index (χ3n) is 2.99. The van der Waals surface area contributed by atoms with Crippen molar-refractivity contribution >= 4 is 22.7 Å². The molecule has 1 aromatic heterocycles. The molecule has 0 atom stereocenters. The third kappa shape index (κ3) is 2.95. The maximum absolute atomic E-state index is 10.9. The number of nitrogens with zero attached hydrogens (tertiary/aromatic N) is 2. The first-order chi connectivity index (χ1) is 9.65. The summed E-state index contributed by atoms with van der Waals surface area (Å²) in [6.45, 7) is 2.72. The normalized spacial score (nSPS) is 10.0. The number of anilines is 1. The summed E-state index contributed by atoms with van der Waals surface area (Å²) in [5.74, 6) is 0. The molecule has 0 spiro atoms. The van der Waals surface area contributed by atoms with Gasteiger partial charge in [0, 0.05) is 23.2 Å². The maximum Gasteiger partial charge on any atom is 0.289 e. The Hall–Kier alpha value is -2.39. The van der Waals surface area contributed by atoms with E-state index in [1.54, 1.807) is 17.4 Å². The van der Waals surface area contributed by atoms with Crippen molar-refractivity contribution < 1.29 is 4.92 Å². The lowest BCUT2D eigenvalue weighted by molar-refractivity contribution is -0.385. The molecule has 1 heterocycles. The van der Waals surface area contributed by atoms with Crippen LogP contribution in [-0.4, -0.2) is 4.92 Å². The van der Waals surface area contributed by atoms with E-state index in [0.29, 0.717) is 12.2 Å². The lowest BCUT2D eigenvalue weighted by Crippen LogP contribution is -2.01. The van der Waals surface area contributed by atoms with Gasteiger partial charge in [-0.2, -0.15) is 5.26 Å². The van der Waals surface area contributed by atoms with E-state index in [2.05, 4.69) is 18.3 Å². The van der Waals surface area contributed by atoms with Crippen LogP contribution in [0.15, 0.2) is 29.6 Å². The van der Waals surface area contributed by atoms with Gasteiger partial charge in [0.15, 0.2) is 0 Å². The van der Waals surface area contributed by atoms with E-state index in [4.69, 9.17) is 5.26 Å². The van der Waals surface area contributed by atoms with Gasteiger partial charge in [-0.05, 0) is 35.6 Å². The number of thiophene rings is 1. The van der Waals surface area contributed by atoms with Gasteiger partial charge in [-0.15, -0.1) is 11.3 Å². The average molecular weight is 287 g/mol. The fourth-order valence-electron chi connectivity index (χ4n) is 1.91. The van der Waals surface area contributed by atoms with Gasteiger partial charge >= 0.3 is 0 Å². The van der Waals surface area contributed by atoms with Crippen LogP contribution < -0.4 is 5.32 Å². The quantitative estimate of drug-likeness (QED) is 0.671. The highest BCUT2D eigenvalue weighted by atomic mass is 32.1. The molecule has 1 N–H and O–H groups in total. The second kappa shape index (κ2) is 6.17. The van der Waals surface area contributed by atoms with E-state index >= 15 is 0 Å². The summed E-state index contributed by atoms with van der Waals surface area (Å²) in [4.78, 5) is 11.6. The molecular formula is C14H13N3O2S. The number of rotatable bonds is 5. The first-order valence-electron chi connectivity index (χ1n) is 6.13. The van der Waals surface area contributed by atoms with Crippen molar-refractivity contribution in [2.75, 3.05) is 5.32 Å². The van der Waals surface area contributed by atoms with Gasteiger partial charge in [0.1, 0.15) is 11.6 Å². The van der Waals surface area contributed by atoms with E-state index < -0.39 is 4.92 Å². The molecule has 0 unspecified atom stereocenters. The Kier molecular flexibility index (Phi) is 4.33. The van der Waals surface area contributed by atoms with Crippen LogP contribution in [0.3, 0.4) is 0 Å². The number of hydrogen-bond donors (Lipinski definition) is 1. The van der Waals surface area contributed by atoms with Gasteiger partial charge < -0.3 is 5.32 Å². The molecule has 6 heteroatoms. The molecule has 0 bridgehead atoms. The molecule has 0 aliphatic heterocycles. The van der Waals surface area contributed by atoms with E-state index in [9.17, 15) is 10.1 Å². The van der Waals surface area contributed by atoms with Gasteiger partial charge in [0.25, 0.3) is 5.69 Å². The molecule has 0 aliphatic rings. The highest BCUT2D eigenvalue weighted by molar-refractivity contribution is 7.10. The zero-order chi connectivity index (χ0) is 14.5. The predicted octanol–water partition coefficient (Wildman–Crippen LogP) is 3.70. The summed E-state index contributed by atoms with van der Waals surface area (Å²) in [7, 11) is 0. The number of benzene rings is 1. The van der Waals surface area contributed by atoms with E-state index in [1.807, 2.05) is 11.4 Å². The molecule has 0 amide bonds. The molecule has 0 fully saturated rings. The zero-order valence-electron chi connectivity index (χ0n) is 10.9. The van der Waals surface area contributed by atoms with Crippen LogP contribution in [0.2, 0.25) is 0 Å². The van der Waals surface area contributed by atoms with Crippen molar-refractivity contribution in [3.8, 4) is 6.07 Å². The standard InChI is InChI=1S/C14H13N3O2S/c1-2-10-5-6-20-14(10)9-16-12-4-3-11(8-15)13(7-12)17(18)19/h3-7,16H,2,9H2,1H3. The van der Waals surface area contributed by atoms with Gasteiger partial charge in [0.05, 0.1) is 4.92 Å². The second-order valence-electron chi connectivity index (χ2n) is 4.18. The van der Waals surface area contributed by atoms with Crippen LogP contribution in [0.1, 0.15) is 22.9 Å². The monoisotopic (exact) mass is 287 g/mol. The largest absolute Gasteiger partial charge is 0.380 e. The molecule has 0 saturated carbocycles. The maximum atomic E-state index is 10.9. The van der Waals surface area contributed by atoms with Crippen LogP contribution in [0.25, 0.3) is 0 Å². The van der Waals surface area contributed by atoms with Crippen LogP contribution >= 0.6 is 11.3 Å². The van der Waals surface area contributed by atoms with Gasteiger partial charge in [0.2, 0.25) is 0 Å². The second-order valence-corrected chi connectivity index (χ2v) is 5.18. The lowest BCUT2D eigenvalue weighted by atomic mass is 10.1. The minimum absolute atomic E-state index is 0.0749. The highest BCUT2D eigenvalue weighted by Gasteiger charge is 2.14. The molecule has 1 aromatic carbocycles. The van der Waals surface area contributed by atoms with Gasteiger partial charge in [-0.3, -0.25) is 10.1 Å². The molecule has 0 saturated heterocycles. The first-order valence-corrected chi connectivity index (χ1v) is 7.01. The molecule has 102 valence electrons. The Morgan fingerprint density at radius 3 is 2.90 bits per heavy atom. The molecule has 0 aliphatic carbocycles. The summed E-state index contributed by atoms with van der Waals surface area (Å²) in [5.41, 5.74) is 1.84. The average Bonchev–Trinajstić information content (AvgIpc) is 2.92. The fraction of sp³-hybridized carbons (Fsp3) is 0.214. The topological polar surface area (TPSA) is 79.0 Å². The number of nitro benzene ring substituents is 1. The molecule has 2 rings (SSSR count). The summed E-state index contributed by atoms with van der Waals surface area (Å²) in [6, 6.07) is 8.46. The van der Waals surface area contributed by atoms with Crippen molar-refractivity contribution in [3.63, 3.8) is 0 Å². The molecule has 5 nitrogen and oxygen atoms in total. The minimum Gasteiger partial charge on any atom is -0.380 e. The third-order valence-corrected chi connectivity index (χ3v) is 3.95. The van der Waals surface area contributed by atoms with Crippen LogP contribution in [0.5, 0.6) is 0 Å². The van der Waals surface area contributed by atoms with E-state index in [-0.39, 0.29) is 11.3 Å². The molecule has 0 radical (unpaired) electrons. The summed E-state index contributed by atoms with van der Waals surface area (Å²) in [6.07, 6.45) is 0.966. The molecule has 20 heavy (non-hydrogen) atoms. The zero-order valence-corrected chi connectivity index (χ0v) is 11.7. The number of nitrogens with one attached hydrogen (secondary N) is 1. The van der Waals surface area contributed by atoms with Crippen LogP contribution in [0, 0.1) is 21.4 Å². The number of nitro groups is 1. The van der Waals surface area contributed by atoms with Crippen molar-refractivity contribution in [1.82, 2.24) is 0 Å². The van der Waals surface area contributed by atoms with Crippen LogP contribution in [0.4, 0.5) is 11.4 Å². The van der Waals surface area contributed by atoms with Gasteiger partial charge in [-0.25, -0.2) is 0 Å². The first kappa shape index (κ1) is 14.0. The minimum atomic E-state index is -0.535. The smallest absolute Gasteiger partial charge is 0.289 e. The number of nitriles is 1. The fourth-order valence-corrected chi connectivity index (χ4v) is 2.82. The van der Waals surface area contributed by atoms with Crippen molar-refractivity contribution in [3.05, 3.63) is 55.8 Å². The molecule has 2 aromatic rings. The molecular weight excluding hydrogens is 274 g/mol. The number of aryl methyl sites for hydroxylation is 1. The van der Waals surface area contributed by atoms with Gasteiger partial charge in [-0.1, -0.05) is 6.92 Å². The van der Waals surface area contributed by atoms with Crippen molar-refractivity contribution in [1.29, 1.82) is 5.26 Å². The van der Waals surface area contributed by atoms with Crippen molar-refractivity contribution in [2.24, 2.45) is 0 Å². The summed E-state index contributed by atoms with van der Waals surface area (Å²) in [5, 5.41) is 24.9. The van der Waals surface area contributed by atoms with Crippen molar-refractivity contribution in [2.45, 2.75) is 19.9 Å². The Morgan fingerprint density at radius 1 is 1.45 bits per heavy atom.